The zero-order valence-corrected chi connectivity index (χ0v) is 16.2. The molecule has 0 saturated carbocycles. The van der Waals surface area contributed by atoms with Crippen molar-refractivity contribution in [3.63, 3.8) is 0 Å². The lowest BCUT2D eigenvalue weighted by Gasteiger charge is -2.15. The molecule has 0 bridgehead atoms. The van der Waals surface area contributed by atoms with Crippen LogP contribution in [0, 0.1) is 13.8 Å². The molecule has 134 valence electrons. The first-order valence-electron chi connectivity index (χ1n) is 9.80. The fraction of sp³-hybridized carbons (Fsp3) is 0.0714. The van der Waals surface area contributed by atoms with Crippen LogP contribution in [-0.2, 0) is 0 Å². The molecule has 0 nitrogen and oxygen atoms in total. The van der Waals surface area contributed by atoms with E-state index in [2.05, 4.69) is 111 Å². The van der Waals surface area contributed by atoms with Crippen molar-refractivity contribution in [3.8, 4) is 11.1 Å². The lowest BCUT2D eigenvalue weighted by molar-refractivity contribution is 1.42. The maximum Gasteiger partial charge on any atom is -0.00143 e. The minimum atomic E-state index is 1.26. The summed E-state index contributed by atoms with van der Waals surface area (Å²) in [6, 6.07) is 35.4. The Morgan fingerprint density at radius 3 is 1.18 bits per heavy atom. The van der Waals surface area contributed by atoms with Crippen LogP contribution >= 0.6 is 0 Å². The van der Waals surface area contributed by atoms with E-state index >= 15 is 0 Å². The molecule has 0 unspecified atom stereocenters. The highest BCUT2D eigenvalue weighted by Crippen LogP contribution is 2.48. The first-order chi connectivity index (χ1) is 13.7. The lowest BCUT2D eigenvalue weighted by atomic mass is 9.88. The van der Waals surface area contributed by atoms with E-state index < -0.39 is 0 Å². The normalized spacial score (nSPS) is 11.9. The van der Waals surface area contributed by atoms with Gasteiger partial charge in [0.15, 0.2) is 0 Å². The van der Waals surface area contributed by atoms with E-state index in [1.165, 1.54) is 55.7 Å². The Bertz CT molecular complexity index is 1090. The molecule has 0 radical (unpaired) electrons. The Labute approximate surface area is 166 Å². The standard InChI is InChI=1S/C28H22/c1-19-11-15-21(16-12-19)27(22-17-13-20(2)14-18-22)28-25-9-5-3-7-23(25)24-8-4-6-10-26(24)28/h3-18H,1-2H3. The Balaban J connectivity index is 1.90. The fourth-order valence-electron chi connectivity index (χ4n) is 4.18. The Kier molecular flexibility index (Phi) is 3.98. The van der Waals surface area contributed by atoms with Crippen LogP contribution in [0.15, 0.2) is 97.1 Å². The van der Waals surface area contributed by atoms with Gasteiger partial charge in [-0.25, -0.2) is 0 Å². The first kappa shape index (κ1) is 16.8. The number of hydrogen-bond acceptors (Lipinski definition) is 0. The molecule has 0 spiro atoms. The van der Waals surface area contributed by atoms with Crippen LogP contribution in [-0.4, -0.2) is 0 Å². The number of fused-ring (bicyclic) bond motifs is 3. The van der Waals surface area contributed by atoms with E-state index in [9.17, 15) is 0 Å². The van der Waals surface area contributed by atoms with Crippen molar-refractivity contribution >= 4 is 11.1 Å². The predicted molar refractivity (Wildman–Crippen MR) is 119 cm³/mol. The third kappa shape index (κ3) is 2.70. The summed E-state index contributed by atoms with van der Waals surface area (Å²) in [5.41, 5.74) is 13.0. The van der Waals surface area contributed by atoms with Crippen molar-refractivity contribution in [2.24, 2.45) is 0 Å². The third-order valence-electron chi connectivity index (χ3n) is 5.61. The van der Waals surface area contributed by atoms with Crippen molar-refractivity contribution in [3.05, 3.63) is 130 Å². The van der Waals surface area contributed by atoms with Crippen molar-refractivity contribution < 1.29 is 0 Å². The zero-order chi connectivity index (χ0) is 19.1. The summed E-state index contributed by atoms with van der Waals surface area (Å²) in [6.07, 6.45) is 0. The maximum atomic E-state index is 2.26. The maximum absolute atomic E-state index is 2.26. The molecule has 5 rings (SSSR count). The molecule has 0 heterocycles. The Hall–Kier alpha value is -3.38. The molecule has 0 amide bonds. The number of aryl methyl sites for hydroxylation is 2. The number of rotatable bonds is 2. The van der Waals surface area contributed by atoms with Crippen molar-refractivity contribution in [1.82, 2.24) is 0 Å². The summed E-state index contributed by atoms with van der Waals surface area (Å²) < 4.78 is 0. The molecule has 0 heteroatoms. The summed E-state index contributed by atoms with van der Waals surface area (Å²) in [5.74, 6) is 0. The second-order valence-electron chi connectivity index (χ2n) is 7.57. The van der Waals surface area contributed by atoms with E-state index in [-0.39, 0.29) is 0 Å². The third-order valence-corrected chi connectivity index (χ3v) is 5.61. The average Bonchev–Trinajstić information content (AvgIpc) is 3.06. The molecule has 0 atom stereocenters. The molecule has 1 aliphatic rings. The van der Waals surface area contributed by atoms with Gasteiger partial charge >= 0.3 is 0 Å². The van der Waals surface area contributed by atoms with Gasteiger partial charge in [0.1, 0.15) is 0 Å². The topological polar surface area (TPSA) is 0 Å². The number of hydrogen-bond donors (Lipinski definition) is 0. The minimum Gasteiger partial charge on any atom is -0.0616 e. The van der Waals surface area contributed by atoms with Crippen molar-refractivity contribution in [2.45, 2.75) is 13.8 Å². The van der Waals surface area contributed by atoms with Gasteiger partial charge in [-0.3, -0.25) is 0 Å². The SMILES string of the molecule is Cc1ccc(C(=C2c3ccccc3-c3ccccc32)c2ccc(C)cc2)cc1. The van der Waals surface area contributed by atoms with Crippen molar-refractivity contribution in [1.29, 1.82) is 0 Å². The lowest BCUT2D eigenvalue weighted by Crippen LogP contribution is -1.95. The molecular formula is C28H22. The fourth-order valence-corrected chi connectivity index (χ4v) is 4.18. The summed E-state index contributed by atoms with van der Waals surface area (Å²) >= 11 is 0. The molecule has 0 aliphatic heterocycles. The summed E-state index contributed by atoms with van der Waals surface area (Å²) in [7, 11) is 0. The second-order valence-corrected chi connectivity index (χ2v) is 7.57. The highest BCUT2D eigenvalue weighted by Gasteiger charge is 2.26. The summed E-state index contributed by atoms with van der Waals surface area (Å²) in [4.78, 5) is 0. The van der Waals surface area contributed by atoms with Crippen molar-refractivity contribution in [2.75, 3.05) is 0 Å². The molecule has 0 N–H and O–H groups in total. The highest BCUT2D eigenvalue weighted by molar-refractivity contribution is 6.13. The smallest absolute Gasteiger partial charge is 0.00143 e. The predicted octanol–water partition coefficient (Wildman–Crippen LogP) is 7.29. The van der Waals surface area contributed by atoms with E-state index in [1.807, 2.05) is 0 Å². The molecule has 4 aromatic carbocycles. The van der Waals surface area contributed by atoms with Gasteiger partial charge in [0, 0.05) is 0 Å². The van der Waals surface area contributed by atoms with Crippen LogP contribution in [0.25, 0.3) is 22.3 Å². The van der Waals surface area contributed by atoms with E-state index in [1.54, 1.807) is 0 Å². The molecule has 0 saturated heterocycles. The molecular weight excluding hydrogens is 336 g/mol. The zero-order valence-electron chi connectivity index (χ0n) is 16.2. The average molecular weight is 358 g/mol. The Morgan fingerprint density at radius 2 is 0.786 bits per heavy atom. The minimum absolute atomic E-state index is 1.26. The quantitative estimate of drug-likeness (QED) is 0.311. The largest absolute Gasteiger partial charge is 0.0616 e. The molecule has 0 fully saturated rings. The van der Waals surface area contributed by atoms with Gasteiger partial charge in [-0.05, 0) is 58.4 Å². The van der Waals surface area contributed by atoms with Crippen LogP contribution in [0.4, 0.5) is 0 Å². The van der Waals surface area contributed by atoms with Crippen LogP contribution in [0.5, 0.6) is 0 Å². The molecule has 1 aliphatic carbocycles. The van der Waals surface area contributed by atoms with Crippen LogP contribution in [0.1, 0.15) is 33.4 Å². The second kappa shape index (κ2) is 6.65. The molecule has 28 heavy (non-hydrogen) atoms. The summed E-state index contributed by atoms with van der Waals surface area (Å²) in [5, 5.41) is 0. The van der Waals surface area contributed by atoms with Gasteiger partial charge in [-0.1, -0.05) is 108 Å². The molecule has 0 aromatic heterocycles. The Morgan fingerprint density at radius 1 is 0.429 bits per heavy atom. The van der Waals surface area contributed by atoms with E-state index in [0.717, 1.165) is 0 Å². The first-order valence-corrected chi connectivity index (χ1v) is 9.80. The van der Waals surface area contributed by atoms with Gasteiger partial charge in [0.2, 0.25) is 0 Å². The van der Waals surface area contributed by atoms with Crippen LogP contribution < -0.4 is 0 Å². The van der Waals surface area contributed by atoms with Crippen LogP contribution in [0.3, 0.4) is 0 Å². The number of benzene rings is 4. The van der Waals surface area contributed by atoms with E-state index in [0.29, 0.717) is 0 Å². The monoisotopic (exact) mass is 358 g/mol. The van der Waals surface area contributed by atoms with Crippen LogP contribution in [0.2, 0.25) is 0 Å². The summed E-state index contributed by atoms with van der Waals surface area (Å²) in [6.45, 7) is 4.28. The van der Waals surface area contributed by atoms with Gasteiger partial charge < -0.3 is 0 Å². The molecule has 4 aromatic rings. The van der Waals surface area contributed by atoms with Gasteiger partial charge in [0.05, 0.1) is 0 Å². The van der Waals surface area contributed by atoms with Gasteiger partial charge in [-0.2, -0.15) is 0 Å². The van der Waals surface area contributed by atoms with Gasteiger partial charge in [0.25, 0.3) is 0 Å². The van der Waals surface area contributed by atoms with E-state index in [4.69, 9.17) is 0 Å². The highest BCUT2D eigenvalue weighted by atomic mass is 14.3. The van der Waals surface area contributed by atoms with Gasteiger partial charge in [-0.15, -0.1) is 0 Å².